The van der Waals surface area contributed by atoms with Crippen molar-refractivity contribution in [2.24, 2.45) is 0 Å². The van der Waals surface area contributed by atoms with Gasteiger partial charge in [-0.3, -0.25) is 0 Å². The highest BCUT2D eigenvalue weighted by atomic mass is 15.2. The van der Waals surface area contributed by atoms with Gasteiger partial charge in [-0.05, 0) is 47.2 Å². The van der Waals surface area contributed by atoms with E-state index < -0.39 is 0 Å². The normalized spacial score (nSPS) is 18.2. The summed E-state index contributed by atoms with van der Waals surface area (Å²) < 4.78 is 2.18. The van der Waals surface area contributed by atoms with Crippen molar-refractivity contribution in [2.75, 3.05) is 26.0 Å². The van der Waals surface area contributed by atoms with Gasteiger partial charge in [-0.25, -0.2) is 4.98 Å². The molecule has 0 bridgehead atoms. The molecule has 1 N–H and O–H groups in total. The predicted octanol–water partition coefficient (Wildman–Crippen LogP) is 2.11. The van der Waals surface area contributed by atoms with Crippen molar-refractivity contribution in [3.8, 4) is 0 Å². The molecule has 2 rings (SSSR count). The van der Waals surface area contributed by atoms with Crippen LogP contribution in [0.2, 0.25) is 0 Å². The van der Waals surface area contributed by atoms with Crippen LogP contribution in [0.4, 0.5) is 5.95 Å². The lowest BCUT2D eigenvalue weighted by atomic mass is 9.75. The monoisotopic (exact) mass is 236 g/mol. The van der Waals surface area contributed by atoms with Crippen molar-refractivity contribution >= 4 is 5.95 Å². The summed E-state index contributed by atoms with van der Waals surface area (Å²) in [6.07, 6.45) is 6.03. The molecule has 4 heteroatoms. The van der Waals surface area contributed by atoms with Gasteiger partial charge in [-0.2, -0.15) is 0 Å². The van der Waals surface area contributed by atoms with Crippen molar-refractivity contribution in [2.45, 2.75) is 45.2 Å². The summed E-state index contributed by atoms with van der Waals surface area (Å²) in [5.74, 6) is 1.01. The van der Waals surface area contributed by atoms with Crippen molar-refractivity contribution in [1.29, 1.82) is 0 Å². The quantitative estimate of drug-likeness (QED) is 0.850. The van der Waals surface area contributed by atoms with Gasteiger partial charge in [0.2, 0.25) is 5.95 Å². The molecule has 1 saturated carbocycles. The van der Waals surface area contributed by atoms with Gasteiger partial charge in [-0.1, -0.05) is 0 Å². The zero-order valence-corrected chi connectivity index (χ0v) is 11.5. The third-order valence-corrected chi connectivity index (χ3v) is 4.05. The molecule has 0 radical (unpaired) electrons. The Hall–Kier alpha value is -1.03. The maximum atomic E-state index is 4.54. The standard InChI is InChI=1S/C13H24N4/c1-5-17-9-11(2)15-12(17)14-10-13(16(3)4)7-6-8-13/h9H,5-8,10H2,1-4H3,(H,14,15). The first-order valence-electron chi connectivity index (χ1n) is 6.52. The number of aryl methyl sites for hydroxylation is 2. The van der Waals surface area contributed by atoms with Crippen LogP contribution < -0.4 is 5.32 Å². The fourth-order valence-electron chi connectivity index (χ4n) is 2.54. The Bertz CT molecular complexity index is 377. The first-order valence-corrected chi connectivity index (χ1v) is 6.52. The highest BCUT2D eigenvalue weighted by Gasteiger charge is 2.38. The maximum Gasteiger partial charge on any atom is 0.203 e. The second kappa shape index (κ2) is 4.69. The van der Waals surface area contributed by atoms with Crippen molar-refractivity contribution in [3.05, 3.63) is 11.9 Å². The molecule has 1 fully saturated rings. The SMILES string of the molecule is CCn1cc(C)nc1NCC1(N(C)C)CCC1. The zero-order valence-electron chi connectivity index (χ0n) is 11.5. The van der Waals surface area contributed by atoms with Gasteiger partial charge in [0.1, 0.15) is 0 Å². The molecule has 1 aromatic heterocycles. The average molecular weight is 236 g/mol. The number of nitrogens with one attached hydrogen (secondary N) is 1. The van der Waals surface area contributed by atoms with Gasteiger partial charge in [0.25, 0.3) is 0 Å². The fraction of sp³-hybridized carbons (Fsp3) is 0.769. The van der Waals surface area contributed by atoms with E-state index in [4.69, 9.17) is 0 Å². The van der Waals surface area contributed by atoms with Crippen LogP contribution in [0.3, 0.4) is 0 Å². The van der Waals surface area contributed by atoms with E-state index in [0.717, 1.165) is 24.7 Å². The first-order chi connectivity index (χ1) is 8.07. The molecular formula is C13H24N4. The molecule has 0 atom stereocenters. The number of rotatable bonds is 5. The summed E-state index contributed by atoms with van der Waals surface area (Å²) in [7, 11) is 4.36. The second-order valence-electron chi connectivity index (χ2n) is 5.32. The van der Waals surface area contributed by atoms with Gasteiger partial charge in [-0.15, -0.1) is 0 Å². The fourth-order valence-corrected chi connectivity index (χ4v) is 2.54. The van der Waals surface area contributed by atoms with E-state index in [2.05, 4.69) is 47.0 Å². The Morgan fingerprint density at radius 3 is 2.65 bits per heavy atom. The third kappa shape index (κ3) is 2.32. The second-order valence-corrected chi connectivity index (χ2v) is 5.32. The molecule has 96 valence electrons. The number of anilines is 1. The molecular weight excluding hydrogens is 212 g/mol. The van der Waals surface area contributed by atoms with Crippen LogP contribution in [-0.4, -0.2) is 40.6 Å². The molecule has 0 aliphatic heterocycles. The third-order valence-electron chi connectivity index (χ3n) is 4.05. The first kappa shape index (κ1) is 12.4. The average Bonchev–Trinajstić information content (AvgIpc) is 2.57. The van der Waals surface area contributed by atoms with E-state index in [0.29, 0.717) is 5.54 Å². The number of likely N-dealkylation sites (N-methyl/N-ethyl adjacent to an activating group) is 1. The van der Waals surface area contributed by atoms with Gasteiger partial charge in [0, 0.05) is 24.8 Å². The zero-order chi connectivity index (χ0) is 12.5. The van der Waals surface area contributed by atoms with Crippen LogP contribution in [-0.2, 0) is 6.54 Å². The number of imidazole rings is 1. The summed E-state index contributed by atoms with van der Waals surface area (Å²) in [6, 6.07) is 0. The van der Waals surface area contributed by atoms with Crippen molar-refractivity contribution in [3.63, 3.8) is 0 Å². The number of aromatic nitrogens is 2. The topological polar surface area (TPSA) is 33.1 Å². The Kier molecular flexibility index (Phi) is 3.43. The Morgan fingerprint density at radius 1 is 1.47 bits per heavy atom. The highest BCUT2D eigenvalue weighted by molar-refractivity contribution is 5.30. The molecule has 1 aliphatic carbocycles. The number of nitrogens with zero attached hydrogens (tertiary/aromatic N) is 3. The van der Waals surface area contributed by atoms with Crippen molar-refractivity contribution in [1.82, 2.24) is 14.5 Å². The van der Waals surface area contributed by atoms with E-state index in [1.807, 2.05) is 6.92 Å². The Labute approximate surface area is 104 Å². The lowest BCUT2D eigenvalue weighted by Gasteiger charge is -2.47. The molecule has 0 saturated heterocycles. The minimum absolute atomic E-state index is 0.346. The van der Waals surface area contributed by atoms with Gasteiger partial charge >= 0.3 is 0 Å². The van der Waals surface area contributed by atoms with Gasteiger partial charge in [0.15, 0.2) is 0 Å². The Morgan fingerprint density at radius 2 is 2.18 bits per heavy atom. The van der Waals surface area contributed by atoms with E-state index in [9.17, 15) is 0 Å². The molecule has 1 aromatic rings. The minimum Gasteiger partial charge on any atom is -0.354 e. The summed E-state index contributed by atoms with van der Waals surface area (Å²) in [4.78, 5) is 6.89. The van der Waals surface area contributed by atoms with E-state index in [1.165, 1.54) is 19.3 Å². The summed E-state index contributed by atoms with van der Waals surface area (Å²) in [5.41, 5.74) is 1.43. The lowest BCUT2D eigenvalue weighted by molar-refractivity contribution is 0.0737. The van der Waals surface area contributed by atoms with Crippen LogP contribution >= 0.6 is 0 Å². The van der Waals surface area contributed by atoms with E-state index in [-0.39, 0.29) is 0 Å². The van der Waals surface area contributed by atoms with Crippen LogP contribution in [0, 0.1) is 6.92 Å². The van der Waals surface area contributed by atoms with E-state index >= 15 is 0 Å². The van der Waals surface area contributed by atoms with Gasteiger partial charge in [0.05, 0.1) is 5.69 Å². The maximum absolute atomic E-state index is 4.54. The van der Waals surface area contributed by atoms with Crippen molar-refractivity contribution < 1.29 is 0 Å². The van der Waals surface area contributed by atoms with Crippen LogP contribution in [0.5, 0.6) is 0 Å². The molecule has 0 unspecified atom stereocenters. The lowest BCUT2D eigenvalue weighted by Crippen LogP contribution is -2.54. The highest BCUT2D eigenvalue weighted by Crippen LogP contribution is 2.36. The molecule has 0 amide bonds. The largest absolute Gasteiger partial charge is 0.354 e. The van der Waals surface area contributed by atoms with Crippen LogP contribution in [0.1, 0.15) is 31.9 Å². The predicted molar refractivity (Wildman–Crippen MR) is 71.4 cm³/mol. The smallest absolute Gasteiger partial charge is 0.203 e. The Balaban J connectivity index is 2.01. The molecule has 1 aliphatic rings. The minimum atomic E-state index is 0.346. The number of hydrogen-bond donors (Lipinski definition) is 1. The summed E-state index contributed by atoms with van der Waals surface area (Å²) in [6.45, 7) is 6.16. The molecule has 1 heterocycles. The molecule has 0 aromatic carbocycles. The van der Waals surface area contributed by atoms with E-state index in [1.54, 1.807) is 0 Å². The molecule has 17 heavy (non-hydrogen) atoms. The summed E-state index contributed by atoms with van der Waals surface area (Å²) >= 11 is 0. The van der Waals surface area contributed by atoms with Crippen LogP contribution in [0.15, 0.2) is 6.20 Å². The summed E-state index contributed by atoms with van der Waals surface area (Å²) in [5, 5.41) is 3.52. The molecule has 4 nitrogen and oxygen atoms in total. The van der Waals surface area contributed by atoms with Crippen LogP contribution in [0.25, 0.3) is 0 Å². The van der Waals surface area contributed by atoms with Gasteiger partial charge < -0.3 is 14.8 Å². The molecule has 0 spiro atoms. The number of hydrogen-bond acceptors (Lipinski definition) is 3.